The summed E-state index contributed by atoms with van der Waals surface area (Å²) in [5.74, 6) is -0.718. The number of hydrogen-bond acceptors (Lipinski definition) is 4. The fourth-order valence-corrected chi connectivity index (χ4v) is 1.68. The second-order valence-electron chi connectivity index (χ2n) is 2.90. The van der Waals surface area contributed by atoms with Gasteiger partial charge in [0, 0.05) is 11.8 Å². The minimum atomic E-state index is -1.07. The lowest BCUT2D eigenvalue weighted by molar-refractivity contribution is 0.0687. The number of aromatic nitrogens is 3. The molecule has 0 amide bonds. The van der Waals surface area contributed by atoms with Crippen LogP contribution >= 0.6 is 12.2 Å². The van der Waals surface area contributed by atoms with Gasteiger partial charge in [-0.2, -0.15) is 0 Å². The molecule has 7 heteroatoms. The average Bonchev–Trinajstić information content (AvgIpc) is 2.71. The Morgan fingerprint density at radius 3 is 3.00 bits per heavy atom. The van der Waals surface area contributed by atoms with Crippen LogP contribution in [0.1, 0.15) is 16.2 Å². The first-order valence-corrected chi connectivity index (χ1v) is 4.47. The Kier molecular flexibility index (Phi) is 2.16. The van der Waals surface area contributed by atoms with Crippen molar-refractivity contribution in [2.75, 3.05) is 0 Å². The molecule has 6 nitrogen and oxygen atoms in total. The first-order chi connectivity index (χ1) is 7.11. The van der Waals surface area contributed by atoms with Gasteiger partial charge in [-0.3, -0.25) is 4.57 Å². The quantitative estimate of drug-likeness (QED) is 0.757. The molecule has 2 heterocycles. The molecule has 0 saturated carbocycles. The summed E-state index contributed by atoms with van der Waals surface area (Å²) in [4.78, 5) is 13.8. The van der Waals surface area contributed by atoms with Crippen LogP contribution in [0.2, 0.25) is 0 Å². The zero-order chi connectivity index (χ0) is 11.0. The van der Waals surface area contributed by atoms with Crippen LogP contribution in [-0.4, -0.2) is 25.8 Å². The molecule has 0 atom stereocenters. The van der Waals surface area contributed by atoms with Crippen molar-refractivity contribution in [1.29, 1.82) is 0 Å². The molecule has 0 saturated heterocycles. The van der Waals surface area contributed by atoms with Gasteiger partial charge >= 0.3 is 5.97 Å². The van der Waals surface area contributed by atoms with E-state index in [1.165, 1.54) is 16.9 Å². The molecule has 15 heavy (non-hydrogen) atoms. The van der Waals surface area contributed by atoms with Gasteiger partial charge < -0.3 is 14.6 Å². The van der Waals surface area contributed by atoms with E-state index in [9.17, 15) is 4.79 Å². The van der Waals surface area contributed by atoms with Crippen LogP contribution in [0.3, 0.4) is 0 Å². The molecule has 0 unspecified atom stereocenters. The second-order valence-corrected chi connectivity index (χ2v) is 3.29. The highest BCUT2D eigenvalue weighted by Crippen LogP contribution is 2.14. The Morgan fingerprint density at radius 2 is 2.47 bits per heavy atom. The smallest absolute Gasteiger partial charge is 0.354 e. The number of nitrogens with zero attached hydrogens (tertiary/aromatic N) is 2. The second kappa shape index (κ2) is 3.35. The molecule has 0 aliphatic rings. The number of hydrogen-bond donors (Lipinski definition) is 2. The molecule has 0 fully saturated rings. The molecule has 2 rings (SSSR count). The topological polar surface area (TPSA) is 84.0 Å². The molecule has 0 bridgehead atoms. The Bertz CT molecular complexity index is 552. The van der Waals surface area contributed by atoms with E-state index < -0.39 is 5.97 Å². The molecule has 0 spiro atoms. The number of carboxylic acids is 1. The fraction of sp³-hybridized carbons (Fsp3) is 0.125. The summed E-state index contributed by atoms with van der Waals surface area (Å²) in [5.41, 5.74) is 0.546. The van der Waals surface area contributed by atoms with Crippen molar-refractivity contribution in [3.63, 3.8) is 0 Å². The molecule has 0 aromatic carbocycles. The predicted octanol–water partition coefficient (Wildman–Crippen LogP) is 1.53. The van der Waals surface area contributed by atoms with E-state index in [-0.39, 0.29) is 10.5 Å². The largest absolute Gasteiger partial charge is 0.477 e. The monoisotopic (exact) mass is 225 g/mol. The summed E-state index contributed by atoms with van der Waals surface area (Å²) < 4.78 is 6.24. The maximum atomic E-state index is 11.0. The molecular formula is C8H7N3O3S. The van der Waals surface area contributed by atoms with Gasteiger partial charge in [0.1, 0.15) is 6.26 Å². The van der Waals surface area contributed by atoms with Crippen molar-refractivity contribution in [1.82, 2.24) is 14.7 Å². The van der Waals surface area contributed by atoms with Gasteiger partial charge in [-0.25, -0.2) is 4.79 Å². The number of aromatic amines is 1. The minimum absolute atomic E-state index is 0.0638. The van der Waals surface area contributed by atoms with Crippen LogP contribution in [-0.2, 0) is 0 Å². The summed E-state index contributed by atoms with van der Waals surface area (Å²) in [6, 6.07) is 1.54. The number of imidazole rings is 1. The van der Waals surface area contributed by atoms with E-state index >= 15 is 0 Å². The molecule has 2 aromatic heterocycles. The lowest BCUT2D eigenvalue weighted by Gasteiger charge is -1.99. The summed E-state index contributed by atoms with van der Waals surface area (Å²) in [6.45, 7) is 1.63. The SMILES string of the molecule is Cc1[nH]c(=S)n(-c2ccon2)c1C(=O)O. The number of aromatic carboxylic acids is 1. The Morgan fingerprint density at radius 1 is 1.73 bits per heavy atom. The zero-order valence-electron chi connectivity index (χ0n) is 7.72. The van der Waals surface area contributed by atoms with Gasteiger partial charge in [0.25, 0.3) is 0 Å². The molecule has 0 aliphatic heterocycles. The molecule has 2 aromatic rings. The van der Waals surface area contributed by atoms with Gasteiger partial charge in [-0.05, 0) is 19.1 Å². The zero-order valence-corrected chi connectivity index (χ0v) is 8.54. The lowest BCUT2D eigenvalue weighted by atomic mass is 10.3. The van der Waals surface area contributed by atoms with Crippen LogP contribution in [0.4, 0.5) is 0 Å². The van der Waals surface area contributed by atoms with E-state index in [4.69, 9.17) is 17.3 Å². The number of carbonyl (C=O) groups is 1. The van der Waals surface area contributed by atoms with E-state index in [1.54, 1.807) is 6.92 Å². The van der Waals surface area contributed by atoms with Crippen LogP contribution in [0.15, 0.2) is 16.9 Å². The van der Waals surface area contributed by atoms with Crippen molar-refractivity contribution in [2.24, 2.45) is 0 Å². The highest BCUT2D eigenvalue weighted by atomic mass is 32.1. The minimum Gasteiger partial charge on any atom is -0.477 e. The highest BCUT2D eigenvalue weighted by molar-refractivity contribution is 7.71. The summed E-state index contributed by atoms with van der Waals surface area (Å²) in [5, 5.41) is 12.7. The third-order valence-electron chi connectivity index (χ3n) is 1.93. The van der Waals surface area contributed by atoms with Gasteiger partial charge in [0.2, 0.25) is 0 Å². The van der Waals surface area contributed by atoms with Crippen LogP contribution in [0.5, 0.6) is 0 Å². The summed E-state index contributed by atoms with van der Waals surface area (Å²) in [7, 11) is 0. The van der Waals surface area contributed by atoms with E-state index in [0.29, 0.717) is 11.5 Å². The van der Waals surface area contributed by atoms with Gasteiger partial charge in [-0.1, -0.05) is 5.16 Å². The Labute approximate surface area is 89.1 Å². The van der Waals surface area contributed by atoms with Crippen LogP contribution in [0.25, 0.3) is 5.82 Å². The first kappa shape index (κ1) is 9.66. The first-order valence-electron chi connectivity index (χ1n) is 4.07. The van der Waals surface area contributed by atoms with E-state index in [0.717, 1.165) is 0 Å². The maximum absolute atomic E-state index is 11.0. The van der Waals surface area contributed by atoms with Gasteiger partial charge in [0.15, 0.2) is 16.3 Å². The number of H-pyrrole nitrogens is 1. The number of rotatable bonds is 2. The predicted molar refractivity (Wildman–Crippen MR) is 52.7 cm³/mol. The van der Waals surface area contributed by atoms with E-state index in [2.05, 4.69) is 14.7 Å². The average molecular weight is 225 g/mol. The summed E-state index contributed by atoms with van der Waals surface area (Å²) in [6.07, 6.45) is 1.35. The molecule has 2 N–H and O–H groups in total. The molecule has 0 radical (unpaired) electrons. The lowest BCUT2D eigenvalue weighted by Crippen LogP contribution is -2.08. The Hall–Kier alpha value is -1.89. The molecule has 0 aliphatic carbocycles. The number of nitrogens with one attached hydrogen (secondary N) is 1. The Balaban J connectivity index is 2.76. The van der Waals surface area contributed by atoms with Gasteiger partial charge in [0.05, 0.1) is 0 Å². The van der Waals surface area contributed by atoms with Crippen LogP contribution in [0, 0.1) is 11.7 Å². The van der Waals surface area contributed by atoms with Crippen molar-refractivity contribution in [3.05, 3.63) is 28.5 Å². The number of carboxylic acid groups (broad SMARTS) is 1. The molecule has 78 valence electrons. The normalized spacial score (nSPS) is 10.5. The van der Waals surface area contributed by atoms with Crippen molar-refractivity contribution in [2.45, 2.75) is 6.92 Å². The highest BCUT2D eigenvalue weighted by Gasteiger charge is 2.18. The van der Waals surface area contributed by atoms with Crippen molar-refractivity contribution in [3.8, 4) is 5.82 Å². The fourth-order valence-electron chi connectivity index (χ4n) is 1.34. The number of aryl methyl sites for hydroxylation is 1. The summed E-state index contributed by atoms with van der Waals surface area (Å²) >= 11 is 4.99. The van der Waals surface area contributed by atoms with Crippen molar-refractivity contribution >= 4 is 18.2 Å². The van der Waals surface area contributed by atoms with Crippen LogP contribution < -0.4 is 0 Å². The third-order valence-corrected chi connectivity index (χ3v) is 2.22. The molecular weight excluding hydrogens is 218 g/mol. The van der Waals surface area contributed by atoms with E-state index in [1.807, 2.05) is 0 Å². The van der Waals surface area contributed by atoms with Gasteiger partial charge in [-0.15, -0.1) is 0 Å². The third kappa shape index (κ3) is 1.46. The van der Waals surface area contributed by atoms with Crippen molar-refractivity contribution < 1.29 is 14.4 Å². The standard InChI is InChI=1S/C8H7N3O3S/c1-4-6(7(12)13)11(8(15)9-4)5-2-3-14-10-5/h2-3H,1H3,(H,9,15)(H,12,13). The maximum Gasteiger partial charge on any atom is 0.354 e.